The Labute approximate surface area is 139 Å². The number of nitrogens with zero attached hydrogens (tertiary/aromatic N) is 3. The number of hydrogen-bond acceptors (Lipinski definition) is 7. The average Bonchev–Trinajstić information content (AvgIpc) is 2.89. The molecule has 3 rings (SSSR count). The summed E-state index contributed by atoms with van der Waals surface area (Å²) in [7, 11) is 0. The molecule has 0 aliphatic rings. The molecule has 3 N–H and O–H groups in total. The largest absolute Gasteiger partial charge is 0.375 e. The zero-order valence-electron chi connectivity index (χ0n) is 12.1. The SMILES string of the molecule is CCNc1nc(SCc2cccc(F)c2F)nc2nc(N)sc12. The minimum absolute atomic E-state index is 0.223. The molecular weight excluding hydrogens is 340 g/mol. The minimum atomic E-state index is -0.861. The standard InChI is InChI=1S/C14H13F2N5S2/c1-2-18-11-10-12(19-13(17)23-10)21-14(20-11)22-6-7-4-3-5-8(15)9(7)16/h3-5H,2,6H2,1H3,(H3,17,18,19,20,21). The van der Waals surface area contributed by atoms with E-state index in [4.69, 9.17) is 5.73 Å². The van der Waals surface area contributed by atoms with Gasteiger partial charge >= 0.3 is 0 Å². The molecular formula is C14H13F2N5S2. The Balaban J connectivity index is 1.89. The van der Waals surface area contributed by atoms with Gasteiger partial charge in [0.1, 0.15) is 10.5 Å². The molecule has 0 atom stereocenters. The van der Waals surface area contributed by atoms with E-state index < -0.39 is 11.6 Å². The van der Waals surface area contributed by atoms with Crippen LogP contribution in [-0.2, 0) is 5.75 Å². The molecule has 0 aliphatic heterocycles. The van der Waals surface area contributed by atoms with Gasteiger partial charge in [0.15, 0.2) is 27.6 Å². The van der Waals surface area contributed by atoms with Gasteiger partial charge in [-0.1, -0.05) is 35.2 Å². The lowest BCUT2D eigenvalue weighted by Gasteiger charge is -2.06. The molecule has 0 saturated heterocycles. The number of thiazole rings is 1. The molecule has 0 spiro atoms. The van der Waals surface area contributed by atoms with Gasteiger partial charge in [-0.3, -0.25) is 0 Å². The van der Waals surface area contributed by atoms with Gasteiger partial charge in [-0.15, -0.1) is 0 Å². The van der Waals surface area contributed by atoms with Crippen LogP contribution in [0.25, 0.3) is 10.3 Å². The van der Waals surface area contributed by atoms with Crippen LogP contribution in [0.15, 0.2) is 23.4 Å². The summed E-state index contributed by atoms with van der Waals surface area (Å²) in [5.74, 6) is -0.833. The minimum Gasteiger partial charge on any atom is -0.375 e. The number of nitrogens with two attached hydrogens (primary N) is 1. The molecule has 3 aromatic rings. The molecule has 0 radical (unpaired) electrons. The summed E-state index contributed by atoms with van der Waals surface area (Å²) in [4.78, 5) is 12.9. The lowest BCUT2D eigenvalue weighted by molar-refractivity contribution is 0.502. The molecule has 0 aliphatic carbocycles. The summed E-state index contributed by atoms with van der Waals surface area (Å²) in [6.45, 7) is 2.64. The van der Waals surface area contributed by atoms with Crippen molar-refractivity contribution in [2.24, 2.45) is 0 Å². The third kappa shape index (κ3) is 3.35. The third-order valence-electron chi connectivity index (χ3n) is 2.98. The summed E-state index contributed by atoms with van der Waals surface area (Å²) in [6.07, 6.45) is 0. The van der Waals surface area contributed by atoms with Crippen LogP contribution in [0.3, 0.4) is 0 Å². The summed E-state index contributed by atoms with van der Waals surface area (Å²) in [5, 5.41) is 3.98. The van der Waals surface area contributed by atoms with Crippen molar-refractivity contribution in [3.63, 3.8) is 0 Å². The Hall–Kier alpha value is -2.00. The second-order valence-corrected chi connectivity index (χ2v) is 6.56. The summed E-state index contributed by atoms with van der Waals surface area (Å²) >= 11 is 2.52. The maximum Gasteiger partial charge on any atom is 0.191 e. The first-order valence-electron chi connectivity index (χ1n) is 6.82. The van der Waals surface area contributed by atoms with Gasteiger partial charge in [0.2, 0.25) is 0 Å². The third-order valence-corrected chi connectivity index (χ3v) is 4.76. The topological polar surface area (TPSA) is 76.7 Å². The normalized spacial score (nSPS) is 11.1. The fourth-order valence-corrected chi connectivity index (χ4v) is 3.53. The zero-order chi connectivity index (χ0) is 16.4. The van der Waals surface area contributed by atoms with E-state index in [-0.39, 0.29) is 11.3 Å². The van der Waals surface area contributed by atoms with Crippen LogP contribution in [0.1, 0.15) is 12.5 Å². The lowest BCUT2D eigenvalue weighted by Crippen LogP contribution is -2.02. The van der Waals surface area contributed by atoms with Crippen molar-refractivity contribution in [2.45, 2.75) is 17.8 Å². The summed E-state index contributed by atoms with van der Waals surface area (Å²) < 4.78 is 27.7. The summed E-state index contributed by atoms with van der Waals surface area (Å²) in [6, 6.07) is 4.10. The fraction of sp³-hybridized carbons (Fsp3) is 0.214. The van der Waals surface area contributed by atoms with Gasteiger partial charge in [0, 0.05) is 17.9 Å². The summed E-state index contributed by atoms with van der Waals surface area (Å²) in [5.41, 5.74) is 6.49. The Bertz CT molecular complexity index is 853. The highest BCUT2D eigenvalue weighted by Gasteiger charge is 2.14. The molecule has 2 heterocycles. The lowest BCUT2D eigenvalue weighted by atomic mass is 10.2. The number of aromatic nitrogens is 3. The van der Waals surface area contributed by atoms with E-state index in [2.05, 4.69) is 20.3 Å². The number of fused-ring (bicyclic) bond motifs is 1. The van der Waals surface area contributed by atoms with Crippen LogP contribution < -0.4 is 11.1 Å². The molecule has 23 heavy (non-hydrogen) atoms. The maximum absolute atomic E-state index is 13.7. The fourth-order valence-electron chi connectivity index (χ4n) is 1.97. The Kier molecular flexibility index (Phi) is 4.58. The number of thioether (sulfide) groups is 1. The molecule has 2 aromatic heterocycles. The predicted molar refractivity (Wildman–Crippen MR) is 89.7 cm³/mol. The van der Waals surface area contributed by atoms with Crippen molar-refractivity contribution in [2.75, 3.05) is 17.6 Å². The number of halogens is 2. The molecule has 1 aromatic carbocycles. The van der Waals surface area contributed by atoms with Gasteiger partial charge < -0.3 is 11.1 Å². The van der Waals surface area contributed by atoms with Crippen LogP contribution >= 0.6 is 23.1 Å². The van der Waals surface area contributed by atoms with Crippen molar-refractivity contribution in [1.82, 2.24) is 15.0 Å². The first kappa shape index (κ1) is 15.9. The van der Waals surface area contributed by atoms with Gasteiger partial charge in [-0.2, -0.15) is 0 Å². The van der Waals surface area contributed by atoms with Crippen LogP contribution in [0.5, 0.6) is 0 Å². The number of nitrogen functional groups attached to an aromatic ring is 1. The van der Waals surface area contributed by atoms with E-state index in [1.54, 1.807) is 0 Å². The van der Waals surface area contributed by atoms with E-state index in [0.29, 0.717) is 28.3 Å². The molecule has 120 valence electrons. The Morgan fingerprint density at radius 2 is 2.09 bits per heavy atom. The Morgan fingerprint density at radius 3 is 2.87 bits per heavy atom. The van der Waals surface area contributed by atoms with Crippen LogP contribution in [0.4, 0.5) is 19.7 Å². The molecule has 0 fully saturated rings. The van der Waals surface area contributed by atoms with Crippen molar-refractivity contribution in [3.05, 3.63) is 35.4 Å². The molecule has 0 amide bonds. The van der Waals surface area contributed by atoms with E-state index in [1.165, 1.54) is 35.2 Å². The first-order chi connectivity index (χ1) is 11.1. The van der Waals surface area contributed by atoms with Gasteiger partial charge in [-0.05, 0) is 13.0 Å². The smallest absolute Gasteiger partial charge is 0.191 e. The van der Waals surface area contributed by atoms with E-state index in [0.717, 1.165) is 10.8 Å². The highest BCUT2D eigenvalue weighted by Crippen LogP contribution is 2.31. The van der Waals surface area contributed by atoms with Gasteiger partial charge in [0.25, 0.3) is 0 Å². The van der Waals surface area contributed by atoms with E-state index >= 15 is 0 Å². The van der Waals surface area contributed by atoms with Crippen molar-refractivity contribution >= 4 is 44.4 Å². The second-order valence-electron chi connectivity index (χ2n) is 4.59. The van der Waals surface area contributed by atoms with E-state index in [1.807, 2.05) is 6.92 Å². The van der Waals surface area contributed by atoms with Crippen molar-refractivity contribution < 1.29 is 8.78 Å². The average molecular weight is 353 g/mol. The molecule has 5 nitrogen and oxygen atoms in total. The number of benzene rings is 1. The van der Waals surface area contributed by atoms with Gasteiger partial charge in [0.05, 0.1) is 0 Å². The van der Waals surface area contributed by atoms with Crippen LogP contribution in [0, 0.1) is 11.6 Å². The van der Waals surface area contributed by atoms with Crippen molar-refractivity contribution in [3.8, 4) is 0 Å². The number of rotatable bonds is 5. The number of nitrogens with one attached hydrogen (secondary N) is 1. The molecule has 9 heteroatoms. The predicted octanol–water partition coefficient (Wildman–Crippen LogP) is 3.67. The van der Waals surface area contributed by atoms with E-state index in [9.17, 15) is 8.78 Å². The Morgan fingerprint density at radius 1 is 1.26 bits per heavy atom. The zero-order valence-corrected chi connectivity index (χ0v) is 13.8. The first-order valence-corrected chi connectivity index (χ1v) is 8.62. The number of hydrogen-bond donors (Lipinski definition) is 2. The highest BCUT2D eigenvalue weighted by atomic mass is 32.2. The van der Waals surface area contributed by atoms with Crippen LogP contribution in [0.2, 0.25) is 0 Å². The monoisotopic (exact) mass is 353 g/mol. The highest BCUT2D eigenvalue weighted by molar-refractivity contribution is 7.98. The number of anilines is 2. The maximum atomic E-state index is 13.7. The molecule has 0 saturated carbocycles. The molecule has 0 unspecified atom stereocenters. The second kappa shape index (κ2) is 6.63. The molecule has 0 bridgehead atoms. The van der Waals surface area contributed by atoms with Gasteiger partial charge in [-0.25, -0.2) is 23.7 Å². The van der Waals surface area contributed by atoms with Crippen LogP contribution in [-0.4, -0.2) is 21.5 Å². The van der Waals surface area contributed by atoms with Crippen molar-refractivity contribution in [1.29, 1.82) is 0 Å². The quantitative estimate of drug-likeness (QED) is 0.538.